The third kappa shape index (κ3) is 1.97. The van der Waals surface area contributed by atoms with Crippen molar-refractivity contribution in [2.75, 3.05) is 40.3 Å². The summed E-state index contributed by atoms with van der Waals surface area (Å²) in [6.07, 6.45) is 0. The van der Waals surface area contributed by atoms with E-state index in [4.69, 9.17) is 0 Å². The van der Waals surface area contributed by atoms with Crippen LogP contribution in [0.15, 0.2) is 0 Å². The second-order valence-electron chi connectivity index (χ2n) is 4.13. The van der Waals surface area contributed by atoms with E-state index in [1.807, 2.05) is 0 Å². The number of rotatable bonds is 2. The molecule has 1 heterocycles. The molecule has 1 saturated heterocycles. The normalized spacial score (nSPS) is 21.8. The van der Waals surface area contributed by atoms with Crippen molar-refractivity contribution in [2.24, 2.45) is 0 Å². The van der Waals surface area contributed by atoms with E-state index in [1.54, 1.807) is 0 Å². The molecule has 1 aliphatic rings. The van der Waals surface area contributed by atoms with Gasteiger partial charge in [-0.3, -0.25) is 9.80 Å². The summed E-state index contributed by atoms with van der Waals surface area (Å²) >= 11 is 0. The third-order valence-corrected chi connectivity index (χ3v) is 2.99. The van der Waals surface area contributed by atoms with Gasteiger partial charge in [0.15, 0.2) is 0 Å². The van der Waals surface area contributed by atoms with Crippen molar-refractivity contribution in [1.29, 1.82) is 0 Å². The van der Waals surface area contributed by atoms with Gasteiger partial charge < -0.3 is 5.32 Å². The minimum atomic E-state index is 0.197. The summed E-state index contributed by atoms with van der Waals surface area (Å²) in [6, 6.07) is 0. The minimum absolute atomic E-state index is 0.197. The number of nitrogens with zero attached hydrogens (tertiary/aromatic N) is 2. The van der Waals surface area contributed by atoms with Gasteiger partial charge in [-0.25, -0.2) is 0 Å². The molecule has 0 aromatic carbocycles. The summed E-state index contributed by atoms with van der Waals surface area (Å²) in [6.45, 7) is 9.11. The van der Waals surface area contributed by atoms with Gasteiger partial charge in [-0.1, -0.05) is 0 Å². The lowest BCUT2D eigenvalue weighted by Crippen LogP contribution is -2.59. The summed E-state index contributed by atoms with van der Waals surface area (Å²) in [5, 5.41) is 3.37. The van der Waals surface area contributed by atoms with Crippen molar-refractivity contribution < 1.29 is 0 Å². The van der Waals surface area contributed by atoms with Crippen LogP contribution < -0.4 is 5.32 Å². The zero-order valence-corrected chi connectivity index (χ0v) is 8.72. The fourth-order valence-corrected chi connectivity index (χ4v) is 1.49. The Balaban J connectivity index is 2.53. The molecule has 1 rings (SSSR count). The summed E-state index contributed by atoms with van der Waals surface area (Å²) in [7, 11) is 4.28. The van der Waals surface area contributed by atoms with Crippen LogP contribution >= 0.6 is 0 Å². The zero-order valence-electron chi connectivity index (χ0n) is 8.72. The molecule has 0 unspecified atom stereocenters. The Hall–Kier alpha value is -0.120. The monoisotopic (exact) mass is 171 g/mol. The largest absolute Gasteiger partial charge is 0.314 e. The number of piperazine rings is 1. The topological polar surface area (TPSA) is 18.5 Å². The highest BCUT2D eigenvalue weighted by atomic mass is 15.4. The molecule has 0 bridgehead atoms. The van der Waals surface area contributed by atoms with Crippen molar-refractivity contribution in [3.8, 4) is 0 Å². The van der Waals surface area contributed by atoms with Crippen LogP contribution in [-0.2, 0) is 0 Å². The molecular formula is C9H21N3. The van der Waals surface area contributed by atoms with E-state index in [2.05, 4.69) is 43.1 Å². The molecule has 0 radical (unpaired) electrons. The molecule has 3 heteroatoms. The molecule has 0 spiro atoms. The van der Waals surface area contributed by atoms with Crippen LogP contribution in [0.2, 0.25) is 0 Å². The molecule has 0 aromatic heterocycles. The zero-order chi connectivity index (χ0) is 9.19. The van der Waals surface area contributed by atoms with Crippen LogP contribution in [-0.4, -0.2) is 55.7 Å². The van der Waals surface area contributed by atoms with E-state index < -0.39 is 0 Å². The first-order chi connectivity index (χ1) is 5.55. The Bertz CT molecular complexity index is 137. The Morgan fingerprint density at radius 3 is 2.08 bits per heavy atom. The molecule has 0 atom stereocenters. The molecule has 1 N–H and O–H groups in total. The van der Waals surface area contributed by atoms with Crippen LogP contribution in [0.3, 0.4) is 0 Å². The maximum Gasteiger partial charge on any atom is 0.0675 e. The summed E-state index contributed by atoms with van der Waals surface area (Å²) < 4.78 is 0. The van der Waals surface area contributed by atoms with Crippen LogP contribution in [0.4, 0.5) is 0 Å². The van der Waals surface area contributed by atoms with Crippen molar-refractivity contribution >= 4 is 0 Å². The maximum absolute atomic E-state index is 3.37. The highest BCUT2D eigenvalue weighted by Gasteiger charge is 2.29. The molecule has 0 aliphatic carbocycles. The second kappa shape index (κ2) is 3.73. The van der Waals surface area contributed by atoms with Gasteiger partial charge in [-0.05, 0) is 27.9 Å². The Kier molecular flexibility index (Phi) is 3.09. The quantitative estimate of drug-likeness (QED) is 0.640. The summed E-state index contributed by atoms with van der Waals surface area (Å²) in [5.41, 5.74) is 0.197. The van der Waals surface area contributed by atoms with Crippen LogP contribution in [0.25, 0.3) is 0 Å². The predicted molar refractivity (Wildman–Crippen MR) is 52.2 cm³/mol. The van der Waals surface area contributed by atoms with Crippen LogP contribution in [0.5, 0.6) is 0 Å². The fraction of sp³-hybridized carbons (Fsp3) is 1.00. The van der Waals surface area contributed by atoms with E-state index in [0.29, 0.717) is 0 Å². The van der Waals surface area contributed by atoms with Gasteiger partial charge in [-0.2, -0.15) is 0 Å². The van der Waals surface area contributed by atoms with Crippen molar-refractivity contribution in [1.82, 2.24) is 15.1 Å². The molecule has 12 heavy (non-hydrogen) atoms. The minimum Gasteiger partial charge on any atom is -0.314 e. The van der Waals surface area contributed by atoms with E-state index in [-0.39, 0.29) is 5.66 Å². The highest BCUT2D eigenvalue weighted by molar-refractivity contribution is 4.82. The number of hydrogen-bond donors (Lipinski definition) is 1. The highest BCUT2D eigenvalue weighted by Crippen LogP contribution is 2.16. The lowest BCUT2D eigenvalue weighted by Gasteiger charge is -2.45. The first-order valence-electron chi connectivity index (χ1n) is 4.68. The van der Waals surface area contributed by atoms with Gasteiger partial charge in [0.1, 0.15) is 0 Å². The Labute approximate surface area is 75.7 Å². The summed E-state index contributed by atoms with van der Waals surface area (Å²) in [4.78, 5) is 4.79. The lowest BCUT2D eigenvalue weighted by atomic mass is 10.1. The molecule has 0 amide bonds. The van der Waals surface area contributed by atoms with Gasteiger partial charge in [0.05, 0.1) is 5.66 Å². The first-order valence-corrected chi connectivity index (χ1v) is 4.68. The smallest absolute Gasteiger partial charge is 0.0675 e. The van der Waals surface area contributed by atoms with E-state index in [1.165, 1.54) is 0 Å². The number of nitrogens with one attached hydrogen (secondary N) is 1. The molecule has 3 nitrogen and oxygen atoms in total. The average Bonchev–Trinajstić information content (AvgIpc) is 2.06. The SMILES string of the molecule is CN(C)C(C)(C)N1CCNCC1. The molecule has 0 aromatic rings. The molecule has 1 aliphatic heterocycles. The van der Waals surface area contributed by atoms with Gasteiger partial charge in [0.2, 0.25) is 0 Å². The average molecular weight is 171 g/mol. The van der Waals surface area contributed by atoms with E-state index >= 15 is 0 Å². The van der Waals surface area contributed by atoms with Crippen LogP contribution in [0.1, 0.15) is 13.8 Å². The van der Waals surface area contributed by atoms with E-state index in [9.17, 15) is 0 Å². The van der Waals surface area contributed by atoms with Crippen molar-refractivity contribution in [2.45, 2.75) is 19.5 Å². The third-order valence-electron chi connectivity index (χ3n) is 2.99. The van der Waals surface area contributed by atoms with Gasteiger partial charge >= 0.3 is 0 Å². The first kappa shape index (κ1) is 9.96. The van der Waals surface area contributed by atoms with Gasteiger partial charge in [0, 0.05) is 26.2 Å². The second-order valence-corrected chi connectivity index (χ2v) is 4.13. The Morgan fingerprint density at radius 2 is 1.67 bits per heavy atom. The maximum atomic E-state index is 3.37. The van der Waals surface area contributed by atoms with Crippen molar-refractivity contribution in [3.63, 3.8) is 0 Å². The van der Waals surface area contributed by atoms with E-state index in [0.717, 1.165) is 26.2 Å². The van der Waals surface area contributed by atoms with Crippen LogP contribution in [0, 0.1) is 0 Å². The molecule has 0 saturated carbocycles. The fourth-order valence-electron chi connectivity index (χ4n) is 1.49. The lowest BCUT2D eigenvalue weighted by molar-refractivity contribution is -0.00808. The van der Waals surface area contributed by atoms with Gasteiger partial charge in [-0.15, -0.1) is 0 Å². The van der Waals surface area contributed by atoms with Crippen molar-refractivity contribution in [3.05, 3.63) is 0 Å². The molecule has 1 fully saturated rings. The number of hydrogen-bond acceptors (Lipinski definition) is 3. The van der Waals surface area contributed by atoms with Gasteiger partial charge in [0.25, 0.3) is 0 Å². The standard InChI is InChI=1S/C9H21N3/c1-9(2,11(3)4)12-7-5-10-6-8-12/h10H,5-8H2,1-4H3. The molecular weight excluding hydrogens is 150 g/mol. The predicted octanol–water partition coefficient (Wildman–Crippen LogP) is 0.189. The molecule has 72 valence electrons. The Morgan fingerprint density at radius 1 is 1.17 bits per heavy atom. The summed E-state index contributed by atoms with van der Waals surface area (Å²) in [5.74, 6) is 0.